The number of rotatable bonds is 12. The standard InChI is InChI=1S/C36H41N3O5Si/c1-24-11-18-32-31(23-24)35(41)39(38-37-32)25(2)29-16-17-30(33(29)36(42)44-21-22-45(3,4)5)34(40)27-12-14-28(15-13-27)43-20-19-26-9-7-6-8-10-26/h6-15,18,23,29-30,33H,2,16-17,19-22H2,1,3-5H3. The monoisotopic (exact) mass is 623 g/mol. The van der Waals surface area contributed by atoms with Gasteiger partial charge in [-0.05, 0) is 67.8 Å². The molecule has 1 aliphatic carbocycles. The summed E-state index contributed by atoms with van der Waals surface area (Å²) in [7, 11) is -1.46. The van der Waals surface area contributed by atoms with Crippen LogP contribution in [0.1, 0.15) is 34.3 Å². The van der Waals surface area contributed by atoms with Crippen LogP contribution >= 0.6 is 0 Å². The highest BCUT2D eigenvalue weighted by Gasteiger charge is 2.47. The van der Waals surface area contributed by atoms with Gasteiger partial charge in [0.2, 0.25) is 0 Å². The van der Waals surface area contributed by atoms with E-state index in [1.807, 2.05) is 31.2 Å². The molecule has 0 bridgehead atoms. The first-order chi connectivity index (χ1) is 21.5. The molecule has 3 atom stereocenters. The van der Waals surface area contributed by atoms with Crippen molar-refractivity contribution in [2.24, 2.45) is 17.8 Å². The van der Waals surface area contributed by atoms with Crippen LogP contribution in [0.3, 0.4) is 0 Å². The summed E-state index contributed by atoms with van der Waals surface area (Å²) in [6.45, 7) is 13.6. The minimum atomic E-state index is -1.46. The van der Waals surface area contributed by atoms with E-state index in [0.717, 1.165) is 18.0 Å². The van der Waals surface area contributed by atoms with E-state index < -0.39 is 31.8 Å². The molecule has 1 heterocycles. The number of ketones is 1. The third-order valence-corrected chi connectivity index (χ3v) is 10.2. The Balaban J connectivity index is 1.35. The Morgan fingerprint density at radius 2 is 1.67 bits per heavy atom. The van der Waals surface area contributed by atoms with Crippen molar-refractivity contribution in [3.05, 3.63) is 106 Å². The summed E-state index contributed by atoms with van der Waals surface area (Å²) in [6, 6.07) is 23.4. The first-order valence-corrected chi connectivity index (χ1v) is 19.3. The number of fused-ring (bicyclic) bond motifs is 1. The second kappa shape index (κ2) is 13.7. The predicted octanol–water partition coefficient (Wildman–Crippen LogP) is 6.60. The number of aromatic nitrogens is 3. The Morgan fingerprint density at radius 1 is 0.956 bits per heavy atom. The fraction of sp³-hybridized carbons (Fsp3) is 0.361. The van der Waals surface area contributed by atoms with Crippen molar-refractivity contribution < 1.29 is 19.1 Å². The van der Waals surface area contributed by atoms with E-state index in [4.69, 9.17) is 9.47 Å². The zero-order valence-electron chi connectivity index (χ0n) is 26.5. The van der Waals surface area contributed by atoms with E-state index >= 15 is 0 Å². The maximum Gasteiger partial charge on any atom is 0.310 e. The molecule has 0 spiro atoms. The summed E-state index contributed by atoms with van der Waals surface area (Å²) >= 11 is 0. The number of hydrogen-bond acceptors (Lipinski definition) is 7. The van der Waals surface area contributed by atoms with E-state index in [0.29, 0.717) is 54.0 Å². The molecule has 3 aromatic carbocycles. The maximum absolute atomic E-state index is 13.9. The zero-order valence-corrected chi connectivity index (χ0v) is 27.5. The van der Waals surface area contributed by atoms with E-state index in [1.54, 1.807) is 36.4 Å². The first kappa shape index (κ1) is 32.0. The smallest absolute Gasteiger partial charge is 0.310 e. The van der Waals surface area contributed by atoms with Crippen molar-refractivity contribution in [2.75, 3.05) is 13.2 Å². The normalized spacial score (nSPS) is 18.1. The summed E-state index contributed by atoms with van der Waals surface area (Å²) in [5.41, 5.74) is 3.10. The third-order valence-electron chi connectivity index (χ3n) is 8.52. The highest BCUT2D eigenvalue weighted by molar-refractivity contribution is 6.76. The van der Waals surface area contributed by atoms with Crippen molar-refractivity contribution in [2.45, 2.75) is 51.9 Å². The van der Waals surface area contributed by atoms with Gasteiger partial charge in [0.05, 0.1) is 24.5 Å². The lowest BCUT2D eigenvalue weighted by Crippen LogP contribution is -2.35. The molecule has 0 radical (unpaired) electrons. The number of Topliss-reactive ketones (excluding diaryl/α,β-unsaturated/α-hetero) is 1. The van der Waals surface area contributed by atoms with Crippen LogP contribution < -0.4 is 10.3 Å². The topological polar surface area (TPSA) is 100 Å². The minimum absolute atomic E-state index is 0.138. The third kappa shape index (κ3) is 7.65. The molecule has 1 aliphatic rings. The van der Waals surface area contributed by atoms with Crippen molar-refractivity contribution in [3.63, 3.8) is 0 Å². The molecule has 1 saturated carbocycles. The Kier molecular flexibility index (Phi) is 9.77. The average Bonchev–Trinajstić information content (AvgIpc) is 3.47. The Labute approximate surface area is 265 Å². The predicted molar refractivity (Wildman–Crippen MR) is 179 cm³/mol. The van der Waals surface area contributed by atoms with Gasteiger partial charge in [-0.3, -0.25) is 14.4 Å². The highest BCUT2D eigenvalue weighted by Crippen LogP contribution is 2.44. The number of allylic oxidation sites excluding steroid dienone is 1. The van der Waals surface area contributed by atoms with Crippen LogP contribution in [0.4, 0.5) is 0 Å². The van der Waals surface area contributed by atoms with Gasteiger partial charge < -0.3 is 9.47 Å². The molecule has 5 rings (SSSR count). The van der Waals surface area contributed by atoms with Gasteiger partial charge >= 0.3 is 5.97 Å². The van der Waals surface area contributed by atoms with Crippen molar-refractivity contribution in [3.8, 4) is 5.75 Å². The van der Waals surface area contributed by atoms with Gasteiger partial charge in [0.15, 0.2) is 5.78 Å². The maximum atomic E-state index is 13.9. The number of carbonyl (C=O) groups is 2. The number of esters is 1. The minimum Gasteiger partial charge on any atom is -0.493 e. The fourth-order valence-corrected chi connectivity index (χ4v) is 6.63. The van der Waals surface area contributed by atoms with Crippen molar-refractivity contribution in [1.29, 1.82) is 0 Å². The molecule has 0 saturated heterocycles. The molecule has 8 nitrogen and oxygen atoms in total. The van der Waals surface area contributed by atoms with E-state index in [-0.39, 0.29) is 11.3 Å². The molecule has 234 valence electrons. The zero-order chi connectivity index (χ0) is 32.1. The molecule has 9 heteroatoms. The number of hydrogen-bond donors (Lipinski definition) is 0. The average molecular weight is 624 g/mol. The van der Waals surface area contributed by atoms with Crippen LogP contribution in [0.2, 0.25) is 25.7 Å². The number of ether oxygens (including phenoxy) is 2. The van der Waals surface area contributed by atoms with Gasteiger partial charge in [-0.1, -0.05) is 73.4 Å². The molecule has 3 unspecified atom stereocenters. The molecule has 0 amide bonds. The molecule has 45 heavy (non-hydrogen) atoms. The second-order valence-corrected chi connectivity index (χ2v) is 18.7. The van der Waals surface area contributed by atoms with E-state index in [2.05, 4.69) is 48.7 Å². The van der Waals surface area contributed by atoms with Crippen molar-refractivity contribution in [1.82, 2.24) is 15.0 Å². The van der Waals surface area contributed by atoms with Gasteiger partial charge in [-0.25, -0.2) is 0 Å². The molecule has 4 aromatic rings. The summed E-state index contributed by atoms with van der Waals surface area (Å²) < 4.78 is 12.9. The van der Waals surface area contributed by atoms with E-state index in [9.17, 15) is 14.4 Å². The van der Waals surface area contributed by atoms with Gasteiger partial charge in [0.25, 0.3) is 5.56 Å². The summed E-state index contributed by atoms with van der Waals surface area (Å²) in [5, 5.41) is 8.82. The summed E-state index contributed by atoms with van der Waals surface area (Å²) in [4.78, 5) is 41.1. The lowest BCUT2D eigenvalue weighted by molar-refractivity contribution is -0.149. The molecule has 1 fully saturated rings. The number of aryl methyl sites for hydroxylation is 1. The number of carbonyl (C=O) groups excluding carboxylic acids is 2. The molecular formula is C36H41N3O5Si. The van der Waals surface area contributed by atoms with Crippen molar-refractivity contribution >= 4 is 36.4 Å². The quantitative estimate of drug-likeness (QED) is 0.0996. The van der Waals surface area contributed by atoms with E-state index in [1.165, 1.54) is 10.2 Å². The lowest BCUT2D eigenvalue weighted by atomic mass is 9.83. The summed E-state index contributed by atoms with van der Waals surface area (Å²) in [6.07, 6.45) is 1.73. The van der Waals surface area contributed by atoms with Gasteiger partial charge in [-0.2, -0.15) is 4.68 Å². The summed E-state index contributed by atoms with van der Waals surface area (Å²) in [5.74, 6) is -1.83. The van der Waals surface area contributed by atoms with Gasteiger partial charge in [0, 0.05) is 37.6 Å². The molecular weight excluding hydrogens is 582 g/mol. The Bertz CT molecular complexity index is 1750. The molecule has 0 N–H and O–H groups in total. The van der Waals surface area contributed by atoms with Crippen LogP contribution in [0.5, 0.6) is 5.75 Å². The largest absolute Gasteiger partial charge is 0.493 e. The van der Waals surface area contributed by atoms with Crippen LogP contribution in [0, 0.1) is 24.7 Å². The second-order valence-electron chi connectivity index (χ2n) is 13.1. The number of nitrogens with zero attached hydrogens (tertiary/aromatic N) is 3. The van der Waals surface area contributed by atoms with Crippen LogP contribution in [-0.2, 0) is 16.0 Å². The lowest BCUT2D eigenvalue weighted by Gasteiger charge is -2.25. The van der Waals surface area contributed by atoms with Gasteiger partial charge in [0.1, 0.15) is 11.3 Å². The highest BCUT2D eigenvalue weighted by atomic mass is 28.3. The molecule has 0 aliphatic heterocycles. The molecule has 1 aromatic heterocycles. The van der Waals surface area contributed by atoms with Crippen LogP contribution in [0.25, 0.3) is 16.6 Å². The first-order valence-electron chi connectivity index (χ1n) is 15.5. The number of benzene rings is 3. The Morgan fingerprint density at radius 3 is 2.38 bits per heavy atom. The Hall–Kier alpha value is -4.37. The van der Waals surface area contributed by atoms with Crippen LogP contribution in [-0.4, -0.2) is 48.0 Å². The van der Waals surface area contributed by atoms with Gasteiger partial charge in [-0.15, -0.1) is 5.10 Å². The van der Waals surface area contributed by atoms with Crippen LogP contribution in [0.15, 0.2) is 84.2 Å². The SMILES string of the molecule is C=C(C1CCC(C(=O)c2ccc(OCCc3ccccc3)cc2)C1C(=O)OCC[Si](C)(C)C)n1nnc2ccc(C)cc2c1=O. The fourth-order valence-electron chi connectivity index (χ4n) is 5.91.